The Kier molecular flexibility index (Phi) is 4.17. The van der Waals surface area contributed by atoms with E-state index in [1.54, 1.807) is 0 Å². The number of nitrogens with zero attached hydrogens (tertiary/aromatic N) is 2. The molecule has 1 aromatic rings. The van der Waals surface area contributed by atoms with Crippen molar-refractivity contribution in [3.05, 3.63) is 24.3 Å². The Bertz CT molecular complexity index is 616. The van der Waals surface area contributed by atoms with Gasteiger partial charge in [0.15, 0.2) is 0 Å². The Balaban J connectivity index is 1.31. The lowest BCUT2D eigenvalue weighted by molar-refractivity contribution is -0.133. The maximum absolute atomic E-state index is 12.4. The summed E-state index contributed by atoms with van der Waals surface area (Å²) in [6.07, 6.45) is 5.41. The van der Waals surface area contributed by atoms with Gasteiger partial charge in [0.2, 0.25) is 11.8 Å². The summed E-state index contributed by atoms with van der Waals surface area (Å²) in [5, 5.41) is 2.97. The molecule has 0 radical (unpaired) electrons. The van der Waals surface area contributed by atoms with Gasteiger partial charge in [-0.05, 0) is 56.4 Å². The molecular weight excluding hydrogens is 302 g/mol. The number of benzene rings is 1. The zero-order valence-corrected chi connectivity index (χ0v) is 14.0. The number of rotatable bonds is 4. The number of carbonyl (C=O) groups excluding carboxylic acids is 2. The molecule has 0 spiro atoms. The van der Waals surface area contributed by atoms with Crippen molar-refractivity contribution >= 4 is 23.2 Å². The van der Waals surface area contributed by atoms with Crippen LogP contribution in [-0.4, -0.2) is 42.9 Å². The average molecular weight is 327 g/mol. The molecule has 1 saturated carbocycles. The third kappa shape index (κ3) is 3.12. The predicted octanol–water partition coefficient (Wildman–Crippen LogP) is 2.48. The van der Waals surface area contributed by atoms with E-state index < -0.39 is 0 Å². The molecule has 5 nitrogen and oxygen atoms in total. The van der Waals surface area contributed by atoms with Crippen LogP contribution in [-0.2, 0) is 9.59 Å². The maximum Gasteiger partial charge on any atom is 0.228 e. The number of carbonyl (C=O) groups is 2. The van der Waals surface area contributed by atoms with E-state index in [9.17, 15) is 9.59 Å². The van der Waals surface area contributed by atoms with Gasteiger partial charge in [-0.3, -0.25) is 9.59 Å². The van der Waals surface area contributed by atoms with Crippen molar-refractivity contribution in [2.24, 2.45) is 11.8 Å². The Morgan fingerprint density at radius 3 is 2.17 bits per heavy atom. The van der Waals surface area contributed by atoms with Gasteiger partial charge < -0.3 is 15.1 Å². The summed E-state index contributed by atoms with van der Waals surface area (Å²) < 4.78 is 0. The first-order valence-corrected chi connectivity index (χ1v) is 9.17. The molecule has 24 heavy (non-hydrogen) atoms. The summed E-state index contributed by atoms with van der Waals surface area (Å²) in [4.78, 5) is 29.0. The standard InChI is InChI=1S/C19H25N3O2/c23-18(16-13-17(16)19(24)22-11-3-4-12-22)20-14-5-7-15(8-6-14)21-9-1-2-10-21/h5-8,16-17H,1-4,9-13H2,(H,20,23). The zero-order valence-electron chi connectivity index (χ0n) is 14.0. The molecule has 2 heterocycles. The van der Waals surface area contributed by atoms with Crippen LogP contribution in [0, 0.1) is 11.8 Å². The molecule has 2 saturated heterocycles. The molecule has 2 atom stereocenters. The highest BCUT2D eigenvalue weighted by Crippen LogP contribution is 2.41. The Morgan fingerprint density at radius 1 is 0.875 bits per heavy atom. The highest BCUT2D eigenvalue weighted by Gasteiger charge is 2.49. The van der Waals surface area contributed by atoms with E-state index in [1.165, 1.54) is 18.5 Å². The lowest BCUT2D eigenvalue weighted by Gasteiger charge is -2.18. The van der Waals surface area contributed by atoms with E-state index >= 15 is 0 Å². The van der Waals surface area contributed by atoms with Crippen LogP contribution >= 0.6 is 0 Å². The molecule has 3 aliphatic rings. The van der Waals surface area contributed by atoms with Crippen molar-refractivity contribution in [1.29, 1.82) is 0 Å². The molecule has 2 amide bonds. The minimum atomic E-state index is -0.142. The molecule has 1 aliphatic carbocycles. The molecule has 1 N–H and O–H groups in total. The lowest BCUT2D eigenvalue weighted by atomic mass is 10.2. The van der Waals surface area contributed by atoms with Crippen molar-refractivity contribution in [2.75, 3.05) is 36.4 Å². The summed E-state index contributed by atoms with van der Waals surface area (Å²) >= 11 is 0. The van der Waals surface area contributed by atoms with Crippen LogP contribution in [0.15, 0.2) is 24.3 Å². The van der Waals surface area contributed by atoms with Gasteiger partial charge in [0.1, 0.15) is 0 Å². The van der Waals surface area contributed by atoms with Gasteiger partial charge in [-0.1, -0.05) is 0 Å². The molecular formula is C19H25N3O2. The van der Waals surface area contributed by atoms with Crippen molar-refractivity contribution in [1.82, 2.24) is 4.90 Å². The topological polar surface area (TPSA) is 52.7 Å². The van der Waals surface area contributed by atoms with Crippen LogP contribution in [0.1, 0.15) is 32.1 Å². The Labute approximate surface area is 143 Å². The molecule has 4 rings (SSSR count). The van der Waals surface area contributed by atoms with Crippen LogP contribution < -0.4 is 10.2 Å². The van der Waals surface area contributed by atoms with Gasteiger partial charge in [0.05, 0.1) is 11.8 Å². The van der Waals surface area contributed by atoms with Crippen molar-refractivity contribution < 1.29 is 9.59 Å². The van der Waals surface area contributed by atoms with E-state index in [0.29, 0.717) is 6.42 Å². The second kappa shape index (κ2) is 6.46. The van der Waals surface area contributed by atoms with Crippen molar-refractivity contribution in [3.63, 3.8) is 0 Å². The predicted molar refractivity (Wildman–Crippen MR) is 93.9 cm³/mol. The molecule has 0 aromatic heterocycles. The molecule has 2 unspecified atom stereocenters. The smallest absolute Gasteiger partial charge is 0.228 e. The molecule has 0 bridgehead atoms. The highest BCUT2D eigenvalue weighted by atomic mass is 16.2. The van der Waals surface area contributed by atoms with Gasteiger partial charge in [-0.15, -0.1) is 0 Å². The second-order valence-electron chi connectivity index (χ2n) is 7.21. The maximum atomic E-state index is 12.4. The molecule has 128 valence electrons. The first-order chi connectivity index (χ1) is 11.7. The Hall–Kier alpha value is -2.04. The molecule has 3 fully saturated rings. The van der Waals surface area contributed by atoms with Crippen LogP contribution in [0.2, 0.25) is 0 Å². The normalized spacial score (nSPS) is 25.8. The summed E-state index contributed by atoms with van der Waals surface area (Å²) in [5.74, 6) is -0.0677. The van der Waals surface area contributed by atoms with Crippen molar-refractivity contribution in [3.8, 4) is 0 Å². The summed E-state index contributed by atoms with van der Waals surface area (Å²) in [6, 6.07) is 8.07. The second-order valence-corrected chi connectivity index (χ2v) is 7.21. The van der Waals surface area contributed by atoms with Crippen LogP contribution in [0.3, 0.4) is 0 Å². The SMILES string of the molecule is O=C(Nc1ccc(N2CCCC2)cc1)C1CC1C(=O)N1CCCC1. The largest absolute Gasteiger partial charge is 0.372 e. The van der Waals surface area contributed by atoms with E-state index in [4.69, 9.17) is 0 Å². The van der Waals surface area contributed by atoms with E-state index in [1.807, 2.05) is 17.0 Å². The van der Waals surface area contributed by atoms with E-state index in [-0.39, 0.29) is 23.7 Å². The van der Waals surface area contributed by atoms with Gasteiger partial charge in [-0.25, -0.2) is 0 Å². The van der Waals surface area contributed by atoms with Gasteiger partial charge in [0, 0.05) is 37.6 Å². The number of likely N-dealkylation sites (tertiary alicyclic amines) is 1. The average Bonchev–Trinajstić information content (AvgIpc) is 3.02. The number of hydrogen-bond donors (Lipinski definition) is 1. The van der Waals surface area contributed by atoms with E-state index in [0.717, 1.165) is 44.7 Å². The Morgan fingerprint density at radius 2 is 1.50 bits per heavy atom. The molecule has 5 heteroatoms. The van der Waals surface area contributed by atoms with Crippen molar-refractivity contribution in [2.45, 2.75) is 32.1 Å². The summed E-state index contributed by atoms with van der Waals surface area (Å²) in [5.41, 5.74) is 2.04. The summed E-state index contributed by atoms with van der Waals surface area (Å²) in [6.45, 7) is 3.96. The highest BCUT2D eigenvalue weighted by molar-refractivity contribution is 5.99. The zero-order chi connectivity index (χ0) is 16.5. The quantitative estimate of drug-likeness (QED) is 0.924. The fourth-order valence-electron chi connectivity index (χ4n) is 3.90. The first-order valence-electron chi connectivity index (χ1n) is 9.17. The fraction of sp³-hybridized carbons (Fsp3) is 0.579. The van der Waals surface area contributed by atoms with E-state index in [2.05, 4.69) is 22.3 Å². The minimum Gasteiger partial charge on any atom is -0.372 e. The minimum absolute atomic E-state index is 0.0125. The third-order valence-electron chi connectivity index (χ3n) is 5.47. The third-order valence-corrected chi connectivity index (χ3v) is 5.47. The molecule has 2 aliphatic heterocycles. The number of hydrogen-bond acceptors (Lipinski definition) is 3. The van der Waals surface area contributed by atoms with Gasteiger partial charge in [0.25, 0.3) is 0 Å². The number of amides is 2. The van der Waals surface area contributed by atoms with Gasteiger partial charge >= 0.3 is 0 Å². The van der Waals surface area contributed by atoms with Crippen LogP contribution in [0.5, 0.6) is 0 Å². The monoisotopic (exact) mass is 327 g/mol. The van der Waals surface area contributed by atoms with Crippen LogP contribution in [0.25, 0.3) is 0 Å². The fourth-order valence-corrected chi connectivity index (χ4v) is 3.90. The molecule has 1 aromatic carbocycles. The lowest BCUT2D eigenvalue weighted by Crippen LogP contribution is -2.30. The number of nitrogens with one attached hydrogen (secondary N) is 1. The summed E-state index contributed by atoms with van der Waals surface area (Å²) in [7, 11) is 0. The van der Waals surface area contributed by atoms with Crippen LogP contribution in [0.4, 0.5) is 11.4 Å². The number of anilines is 2. The van der Waals surface area contributed by atoms with Gasteiger partial charge in [-0.2, -0.15) is 0 Å². The first kappa shape index (κ1) is 15.5.